The Labute approximate surface area is 65.5 Å². The number of rotatable bonds is 2. The normalized spacial score (nSPS) is 24.4. The number of hydrogen-bond acceptors (Lipinski definition) is 4. The fourth-order valence-corrected chi connectivity index (χ4v) is 2.50. The molecule has 0 unspecified atom stereocenters. The molecular weight excluding hydrogens is 168 g/mol. The molecule has 1 radical (unpaired) electrons. The maximum atomic E-state index is 10.8. The first-order chi connectivity index (χ1) is 5.14. The monoisotopic (exact) mass is 177 g/mol. The van der Waals surface area contributed by atoms with Gasteiger partial charge in [0.05, 0.1) is 11.5 Å². The van der Waals surface area contributed by atoms with Crippen LogP contribution in [0.15, 0.2) is 0 Å². The SMILES string of the molecule is O=[C]OC1CCS(=O)(=O)CC1. The summed E-state index contributed by atoms with van der Waals surface area (Å²) >= 11 is 0. The lowest BCUT2D eigenvalue weighted by molar-refractivity contribution is 0.165. The molecule has 11 heavy (non-hydrogen) atoms. The molecule has 5 heteroatoms. The minimum Gasteiger partial charge on any atom is -0.454 e. The van der Waals surface area contributed by atoms with Crippen LogP contribution in [0.5, 0.6) is 0 Å². The Bertz CT molecular complexity index is 217. The number of ether oxygens (including phenoxy) is 1. The molecule has 1 rings (SSSR count). The van der Waals surface area contributed by atoms with Crippen LogP contribution >= 0.6 is 0 Å². The summed E-state index contributed by atoms with van der Waals surface area (Å²) in [5.74, 6) is 0.249. The van der Waals surface area contributed by atoms with Crippen molar-refractivity contribution in [3.05, 3.63) is 0 Å². The molecule has 1 aliphatic heterocycles. The first-order valence-electron chi connectivity index (χ1n) is 3.37. The van der Waals surface area contributed by atoms with E-state index in [1.54, 1.807) is 0 Å². The van der Waals surface area contributed by atoms with Gasteiger partial charge in [-0.15, -0.1) is 0 Å². The van der Waals surface area contributed by atoms with E-state index < -0.39 is 9.84 Å². The lowest BCUT2D eigenvalue weighted by Crippen LogP contribution is -2.28. The van der Waals surface area contributed by atoms with Crippen LogP contribution in [0.25, 0.3) is 0 Å². The molecule has 1 fully saturated rings. The van der Waals surface area contributed by atoms with E-state index in [1.807, 2.05) is 0 Å². The summed E-state index contributed by atoms with van der Waals surface area (Å²) in [4.78, 5) is 9.74. The van der Waals surface area contributed by atoms with Crippen molar-refractivity contribution in [2.45, 2.75) is 18.9 Å². The van der Waals surface area contributed by atoms with E-state index in [0.29, 0.717) is 12.8 Å². The third-order valence-electron chi connectivity index (χ3n) is 1.72. The van der Waals surface area contributed by atoms with E-state index in [1.165, 1.54) is 6.47 Å². The van der Waals surface area contributed by atoms with Gasteiger partial charge in [0.1, 0.15) is 6.10 Å². The molecule has 4 nitrogen and oxygen atoms in total. The fourth-order valence-electron chi connectivity index (χ4n) is 1.05. The summed E-state index contributed by atoms with van der Waals surface area (Å²) in [5, 5.41) is 0. The first kappa shape index (κ1) is 8.52. The number of sulfone groups is 1. The zero-order chi connectivity index (χ0) is 8.32. The highest BCUT2D eigenvalue weighted by atomic mass is 32.2. The van der Waals surface area contributed by atoms with Crippen LogP contribution in [0, 0.1) is 0 Å². The highest BCUT2D eigenvalue weighted by Gasteiger charge is 2.24. The van der Waals surface area contributed by atoms with Crippen LogP contribution in [0.1, 0.15) is 12.8 Å². The molecule has 0 bridgehead atoms. The molecule has 0 N–H and O–H groups in total. The summed E-state index contributed by atoms with van der Waals surface area (Å²) in [7, 11) is -2.84. The van der Waals surface area contributed by atoms with Crippen LogP contribution < -0.4 is 0 Å². The van der Waals surface area contributed by atoms with Gasteiger partial charge in [0.15, 0.2) is 9.84 Å². The van der Waals surface area contributed by atoms with Crippen molar-refractivity contribution in [3.63, 3.8) is 0 Å². The third kappa shape index (κ3) is 2.49. The minimum absolute atomic E-state index is 0.124. The van der Waals surface area contributed by atoms with Crippen molar-refractivity contribution in [1.29, 1.82) is 0 Å². The molecule has 63 valence electrons. The number of carbonyl (C=O) groups excluding carboxylic acids is 1. The molecule has 0 atom stereocenters. The van der Waals surface area contributed by atoms with Crippen molar-refractivity contribution in [2.75, 3.05) is 11.5 Å². The Morgan fingerprint density at radius 3 is 2.27 bits per heavy atom. The second-order valence-electron chi connectivity index (χ2n) is 2.55. The van der Waals surface area contributed by atoms with Crippen molar-refractivity contribution < 1.29 is 17.9 Å². The average molecular weight is 177 g/mol. The maximum absolute atomic E-state index is 10.8. The van der Waals surface area contributed by atoms with Gasteiger partial charge in [-0.05, 0) is 12.8 Å². The molecule has 0 amide bonds. The Morgan fingerprint density at radius 1 is 1.27 bits per heavy atom. The van der Waals surface area contributed by atoms with Gasteiger partial charge in [0, 0.05) is 0 Å². The first-order valence-corrected chi connectivity index (χ1v) is 5.19. The Kier molecular flexibility index (Phi) is 2.49. The fraction of sp³-hybridized carbons (Fsp3) is 0.833. The van der Waals surface area contributed by atoms with E-state index in [0.717, 1.165) is 0 Å². The summed E-state index contributed by atoms with van der Waals surface area (Å²) in [5.41, 5.74) is 0. The van der Waals surface area contributed by atoms with E-state index in [9.17, 15) is 13.2 Å². The Hall–Kier alpha value is -0.580. The van der Waals surface area contributed by atoms with Crippen LogP contribution in [0.3, 0.4) is 0 Å². The zero-order valence-electron chi connectivity index (χ0n) is 5.95. The maximum Gasteiger partial charge on any atom is 0.417 e. The molecule has 0 aromatic rings. The molecule has 1 saturated heterocycles. The van der Waals surface area contributed by atoms with Crippen molar-refractivity contribution in [2.24, 2.45) is 0 Å². The van der Waals surface area contributed by atoms with E-state index >= 15 is 0 Å². The highest BCUT2D eigenvalue weighted by molar-refractivity contribution is 7.91. The quantitative estimate of drug-likeness (QED) is 0.578. The summed E-state index contributed by atoms with van der Waals surface area (Å²) in [6, 6.07) is 0. The third-order valence-corrected chi connectivity index (χ3v) is 3.43. The molecule has 0 aliphatic carbocycles. The zero-order valence-corrected chi connectivity index (χ0v) is 6.76. The van der Waals surface area contributed by atoms with Gasteiger partial charge in [-0.2, -0.15) is 0 Å². The summed E-state index contributed by atoms with van der Waals surface area (Å²) in [6.45, 7) is 1.32. The van der Waals surface area contributed by atoms with Gasteiger partial charge in [-0.3, -0.25) is 0 Å². The Morgan fingerprint density at radius 2 is 1.82 bits per heavy atom. The standard InChI is InChI=1S/C6H9O4S/c7-5-10-6-1-3-11(8,9)4-2-6/h6H,1-4H2. The number of hydrogen-bond donors (Lipinski definition) is 0. The lowest BCUT2D eigenvalue weighted by atomic mass is 10.2. The van der Waals surface area contributed by atoms with Gasteiger partial charge in [0.2, 0.25) is 0 Å². The highest BCUT2D eigenvalue weighted by Crippen LogP contribution is 2.14. The van der Waals surface area contributed by atoms with Crippen LogP contribution in [0.4, 0.5) is 0 Å². The topological polar surface area (TPSA) is 60.4 Å². The lowest BCUT2D eigenvalue weighted by Gasteiger charge is -2.19. The van der Waals surface area contributed by atoms with Crippen LogP contribution in [-0.2, 0) is 19.4 Å². The van der Waals surface area contributed by atoms with Gasteiger partial charge in [-0.1, -0.05) is 0 Å². The molecule has 0 spiro atoms. The summed E-state index contributed by atoms with van der Waals surface area (Å²) in [6.07, 6.45) is 0.589. The predicted octanol–water partition coefficient (Wildman–Crippen LogP) is -0.353. The van der Waals surface area contributed by atoms with E-state index in [2.05, 4.69) is 4.74 Å². The van der Waals surface area contributed by atoms with Crippen molar-refractivity contribution in [3.8, 4) is 0 Å². The average Bonchev–Trinajstić information content (AvgIpc) is 1.94. The van der Waals surface area contributed by atoms with Gasteiger partial charge < -0.3 is 4.74 Å². The van der Waals surface area contributed by atoms with E-state index in [4.69, 9.17) is 0 Å². The molecular formula is C6H9O4S. The van der Waals surface area contributed by atoms with Crippen LogP contribution in [-0.4, -0.2) is 32.5 Å². The van der Waals surface area contributed by atoms with Crippen molar-refractivity contribution >= 4 is 16.3 Å². The van der Waals surface area contributed by atoms with Gasteiger partial charge in [0.25, 0.3) is 0 Å². The second-order valence-corrected chi connectivity index (χ2v) is 4.86. The smallest absolute Gasteiger partial charge is 0.417 e. The van der Waals surface area contributed by atoms with Gasteiger partial charge in [-0.25, -0.2) is 13.2 Å². The molecule has 1 aliphatic rings. The predicted molar refractivity (Wildman–Crippen MR) is 38.5 cm³/mol. The molecule has 1 heterocycles. The van der Waals surface area contributed by atoms with Crippen molar-refractivity contribution in [1.82, 2.24) is 0 Å². The summed E-state index contributed by atoms with van der Waals surface area (Å²) < 4.78 is 26.2. The molecule has 0 aromatic carbocycles. The molecule has 0 aromatic heterocycles. The van der Waals surface area contributed by atoms with E-state index in [-0.39, 0.29) is 17.6 Å². The van der Waals surface area contributed by atoms with Gasteiger partial charge >= 0.3 is 6.47 Å². The van der Waals surface area contributed by atoms with Crippen LogP contribution in [0.2, 0.25) is 0 Å². The Balaban J connectivity index is 2.42. The minimum atomic E-state index is -2.84. The molecule has 0 saturated carbocycles. The second kappa shape index (κ2) is 3.21. The largest absolute Gasteiger partial charge is 0.454 e.